The third-order valence-corrected chi connectivity index (χ3v) is 3.26. The summed E-state index contributed by atoms with van der Waals surface area (Å²) in [4.78, 5) is 32.7. The predicted molar refractivity (Wildman–Crippen MR) is 73.8 cm³/mol. The first-order chi connectivity index (χ1) is 9.97. The number of rotatable bonds is 13. The molecule has 1 N–H and O–H groups in total. The van der Waals surface area contributed by atoms with Gasteiger partial charge < -0.3 is 25.1 Å². The van der Waals surface area contributed by atoms with Gasteiger partial charge in [-0.25, -0.2) is 0 Å². The van der Waals surface area contributed by atoms with Crippen LogP contribution in [0.3, 0.4) is 0 Å². The van der Waals surface area contributed by atoms with Gasteiger partial charge in [-0.1, -0.05) is 45.4 Å². The predicted octanol–water partition coefficient (Wildman–Crippen LogP) is -6.10. The fourth-order valence-electron chi connectivity index (χ4n) is 2.02. The fraction of sp³-hybridized carbons (Fsp3) is 0.800. The summed E-state index contributed by atoms with van der Waals surface area (Å²) in [5, 5.41) is 23.4. The number of carboxylic acids is 2. The van der Waals surface area contributed by atoms with Gasteiger partial charge >= 0.3 is 103 Å². The molecule has 0 fully saturated rings. The van der Waals surface area contributed by atoms with E-state index in [2.05, 4.69) is 12.2 Å². The average Bonchev–Trinajstić information content (AvgIpc) is 2.41. The third-order valence-electron chi connectivity index (χ3n) is 3.26. The van der Waals surface area contributed by atoms with E-state index < -0.39 is 24.4 Å². The summed E-state index contributed by atoms with van der Waals surface area (Å²) in [6, 6.07) is -1.26. The summed E-state index contributed by atoms with van der Waals surface area (Å²) >= 11 is 0. The molecule has 0 spiro atoms. The minimum absolute atomic E-state index is 0. The molecule has 1 amide bonds. The summed E-state index contributed by atoms with van der Waals surface area (Å²) in [7, 11) is 0. The molecule has 0 aliphatic carbocycles. The Morgan fingerprint density at radius 2 is 1.39 bits per heavy atom. The molecule has 0 radical (unpaired) electrons. The topological polar surface area (TPSA) is 109 Å². The Hall–Kier alpha value is 1.68. The van der Waals surface area contributed by atoms with Gasteiger partial charge in [0.25, 0.3) is 0 Å². The molecule has 0 heterocycles. The molecule has 0 saturated carbocycles. The number of nitrogens with one attached hydrogen (secondary N) is 1. The van der Waals surface area contributed by atoms with E-state index in [1.54, 1.807) is 0 Å². The van der Waals surface area contributed by atoms with Crippen molar-refractivity contribution in [3.63, 3.8) is 0 Å². The second-order valence-corrected chi connectivity index (χ2v) is 5.22. The van der Waals surface area contributed by atoms with Crippen LogP contribution >= 0.6 is 0 Å². The average molecular weight is 378 g/mol. The molecule has 0 aromatic carbocycles. The molecule has 0 aliphatic rings. The largest absolute Gasteiger partial charge is 1.00 e. The van der Waals surface area contributed by atoms with Gasteiger partial charge in [0.15, 0.2) is 0 Å². The number of unbranched alkanes of at least 4 members (excludes halogenated alkanes) is 6. The van der Waals surface area contributed by atoms with E-state index in [1.807, 2.05) is 0 Å². The van der Waals surface area contributed by atoms with E-state index in [-0.39, 0.29) is 122 Å². The number of hydrogen-bond acceptors (Lipinski definition) is 5. The Labute approximate surface area is 223 Å². The van der Waals surface area contributed by atoms with E-state index in [1.165, 1.54) is 19.3 Å². The third kappa shape index (κ3) is 19.9. The molecule has 0 saturated heterocycles. The van der Waals surface area contributed by atoms with Gasteiger partial charge in [-0.05, 0) is 19.3 Å². The molecule has 0 aromatic rings. The Bertz CT molecular complexity index is 340. The first kappa shape index (κ1) is 29.4. The summed E-state index contributed by atoms with van der Waals surface area (Å²) in [5.41, 5.74) is 0. The summed E-state index contributed by atoms with van der Waals surface area (Å²) < 4.78 is 0. The second kappa shape index (κ2) is 20.0. The van der Waals surface area contributed by atoms with Crippen molar-refractivity contribution in [1.29, 1.82) is 0 Å². The van der Waals surface area contributed by atoms with Crippen LogP contribution in [0.15, 0.2) is 0 Å². The molecule has 0 rings (SSSR count). The molecule has 23 heavy (non-hydrogen) atoms. The van der Waals surface area contributed by atoms with Crippen LogP contribution < -0.4 is 118 Å². The number of carbonyl (C=O) groups is 3. The van der Waals surface area contributed by atoms with E-state index >= 15 is 0 Å². The van der Waals surface area contributed by atoms with Crippen LogP contribution in [0.2, 0.25) is 0 Å². The first-order valence-electron chi connectivity index (χ1n) is 7.67. The van der Waals surface area contributed by atoms with Gasteiger partial charge in [-0.15, -0.1) is 0 Å². The van der Waals surface area contributed by atoms with Crippen molar-refractivity contribution in [2.24, 2.45) is 0 Å². The zero-order chi connectivity index (χ0) is 16.1. The van der Waals surface area contributed by atoms with Crippen LogP contribution in [0, 0.1) is 0 Å². The summed E-state index contributed by atoms with van der Waals surface area (Å²) in [5.74, 6) is -3.19. The maximum Gasteiger partial charge on any atom is 1.00 e. The molecule has 0 bridgehead atoms. The van der Waals surface area contributed by atoms with Gasteiger partial charge in [0.1, 0.15) is 0 Å². The van der Waals surface area contributed by atoms with Crippen molar-refractivity contribution < 1.29 is 127 Å². The molecule has 1 atom stereocenters. The van der Waals surface area contributed by atoms with Crippen LogP contribution in [0.1, 0.15) is 71.1 Å². The number of hydrogen-bond donors (Lipinski definition) is 1. The summed E-state index contributed by atoms with van der Waals surface area (Å²) in [6.07, 6.45) is 7.12. The van der Waals surface area contributed by atoms with Gasteiger partial charge in [0, 0.05) is 12.4 Å². The Morgan fingerprint density at radius 3 is 1.87 bits per heavy atom. The fourth-order valence-corrected chi connectivity index (χ4v) is 2.02. The van der Waals surface area contributed by atoms with Gasteiger partial charge in [0.05, 0.1) is 12.0 Å². The standard InChI is InChI=1S/C15H27NO5.2K/c1-2-3-4-5-6-7-8-9-13(17)16-12(15(20)21)10-11-14(18)19;;/h12H,2-11H2,1H3,(H,16,17)(H,18,19)(H,20,21);;/q;2*+1/p-2/t12-;;/m0../s1. The molecule has 0 aromatic heterocycles. The van der Waals surface area contributed by atoms with Crippen molar-refractivity contribution in [1.82, 2.24) is 5.32 Å². The Kier molecular flexibility index (Phi) is 25.6. The number of carboxylic acid groups (broad SMARTS) is 2. The molecular weight excluding hydrogens is 352 g/mol. The smallest absolute Gasteiger partial charge is 0.550 e. The van der Waals surface area contributed by atoms with Crippen molar-refractivity contribution in [3.05, 3.63) is 0 Å². The van der Waals surface area contributed by atoms with Crippen LogP contribution in [0.25, 0.3) is 0 Å². The summed E-state index contributed by atoms with van der Waals surface area (Å²) in [6.45, 7) is 2.15. The minimum Gasteiger partial charge on any atom is -0.550 e. The number of amides is 1. The second-order valence-electron chi connectivity index (χ2n) is 5.22. The quantitative estimate of drug-likeness (QED) is 0.254. The van der Waals surface area contributed by atoms with Crippen molar-refractivity contribution in [2.75, 3.05) is 0 Å². The molecule has 6 nitrogen and oxygen atoms in total. The van der Waals surface area contributed by atoms with Crippen LogP contribution in [-0.4, -0.2) is 23.9 Å². The number of aliphatic carboxylic acids is 2. The normalized spacial score (nSPS) is 10.8. The van der Waals surface area contributed by atoms with Gasteiger partial charge in [-0.2, -0.15) is 0 Å². The molecule has 0 aliphatic heterocycles. The molecular formula is C15H25K2NO5. The zero-order valence-corrected chi connectivity index (χ0v) is 20.9. The van der Waals surface area contributed by atoms with Crippen LogP contribution in [0.4, 0.5) is 0 Å². The van der Waals surface area contributed by atoms with Crippen molar-refractivity contribution in [3.8, 4) is 0 Å². The van der Waals surface area contributed by atoms with Gasteiger partial charge in [-0.3, -0.25) is 4.79 Å². The maximum absolute atomic E-state index is 11.6. The van der Waals surface area contributed by atoms with Crippen LogP contribution in [-0.2, 0) is 14.4 Å². The van der Waals surface area contributed by atoms with Crippen molar-refractivity contribution in [2.45, 2.75) is 77.2 Å². The SMILES string of the molecule is CCCCCCCCCC(=O)N[C@@H](CCC(=O)[O-])C(=O)[O-].[K+].[K+]. The Balaban J connectivity index is -0.00000200. The monoisotopic (exact) mass is 377 g/mol. The first-order valence-corrected chi connectivity index (χ1v) is 7.67. The zero-order valence-electron chi connectivity index (χ0n) is 14.7. The molecule has 0 unspecified atom stereocenters. The van der Waals surface area contributed by atoms with Crippen LogP contribution in [0.5, 0.6) is 0 Å². The maximum atomic E-state index is 11.6. The van der Waals surface area contributed by atoms with E-state index in [0.29, 0.717) is 6.42 Å². The minimum atomic E-state index is -1.47. The molecule has 122 valence electrons. The number of carbonyl (C=O) groups excluding carboxylic acids is 3. The van der Waals surface area contributed by atoms with E-state index in [0.717, 1.165) is 19.3 Å². The van der Waals surface area contributed by atoms with E-state index in [9.17, 15) is 24.6 Å². The molecule has 8 heteroatoms. The Morgan fingerprint density at radius 1 is 0.870 bits per heavy atom. The van der Waals surface area contributed by atoms with Gasteiger partial charge in [0.2, 0.25) is 5.91 Å². The van der Waals surface area contributed by atoms with Crippen molar-refractivity contribution >= 4 is 17.8 Å². The van der Waals surface area contributed by atoms with E-state index in [4.69, 9.17) is 0 Å².